The van der Waals surface area contributed by atoms with Crippen molar-refractivity contribution in [3.8, 4) is 0 Å². The van der Waals surface area contributed by atoms with Gasteiger partial charge in [-0.25, -0.2) is 0 Å². The average molecular weight is 195 g/mol. The van der Waals surface area contributed by atoms with Crippen molar-refractivity contribution in [3.05, 3.63) is 0 Å². The Morgan fingerprint density at radius 1 is 1.00 bits per heavy atom. The molecule has 2 aliphatic rings. The molecule has 82 valence electrons. The van der Waals surface area contributed by atoms with Crippen molar-refractivity contribution in [1.29, 1.82) is 0 Å². The highest BCUT2D eigenvalue weighted by Gasteiger charge is 2.41. The first-order chi connectivity index (χ1) is 6.85. The Kier molecular flexibility index (Phi) is 3.48. The Morgan fingerprint density at radius 3 is 1.86 bits per heavy atom. The summed E-state index contributed by atoms with van der Waals surface area (Å²) in [7, 11) is 0. The summed E-state index contributed by atoms with van der Waals surface area (Å²) in [5, 5.41) is 3.85. The summed E-state index contributed by atoms with van der Waals surface area (Å²) in [5.41, 5.74) is 0. The van der Waals surface area contributed by atoms with Gasteiger partial charge in [0.25, 0.3) is 0 Å². The van der Waals surface area contributed by atoms with Gasteiger partial charge in [0.1, 0.15) is 0 Å². The number of rotatable bonds is 7. The van der Waals surface area contributed by atoms with Crippen LogP contribution in [0, 0.1) is 17.8 Å². The van der Waals surface area contributed by atoms with Crippen LogP contribution >= 0.6 is 0 Å². The summed E-state index contributed by atoms with van der Waals surface area (Å²) in [4.78, 5) is 0. The van der Waals surface area contributed by atoms with Crippen LogP contribution in [0.1, 0.15) is 52.4 Å². The number of nitrogens with one attached hydrogen (secondary N) is 1. The van der Waals surface area contributed by atoms with Gasteiger partial charge >= 0.3 is 0 Å². The standard InChI is InChI=1S/C13H25N/c1-3-10(4-2)9-14-13(11-5-6-11)12-7-8-12/h10-14H,3-9H2,1-2H3. The van der Waals surface area contributed by atoms with Gasteiger partial charge in [-0.05, 0) is 50.0 Å². The molecule has 1 heteroatoms. The molecular formula is C13H25N. The Labute approximate surface area is 88.7 Å². The molecule has 0 unspecified atom stereocenters. The lowest BCUT2D eigenvalue weighted by Gasteiger charge is -2.21. The zero-order chi connectivity index (χ0) is 9.97. The monoisotopic (exact) mass is 195 g/mol. The van der Waals surface area contributed by atoms with Crippen molar-refractivity contribution in [2.24, 2.45) is 17.8 Å². The van der Waals surface area contributed by atoms with E-state index in [2.05, 4.69) is 19.2 Å². The predicted molar refractivity (Wildman–Crippen MR) is 61.3 cm³/mol. The molecule has 2 aliphatic carbocycles. The average Bonchev–Trinajstić information content (AvgIpc) is 3.03. The van der Waals surface area contributed by atoms with E-state index in [1.54, 1.807) is 0 Å². The van der Waals surface area contributed by atoms with Gasteiger partial charge < -0.3 is 5.32 Å². The lowest BCUT2D eigenvalue weighted by atomic mass is 10.0. The minimum absolute atomic E-state index is 0.899. The normalized spacial score (nSPS) is 22.3. The van der Waals surface area contributed by atoms with E-state index in [0.29, 0.717) is 0 Å². The predicted octanol–water partition coefficient (Wildman–Crippen LogP) is 3.20. The first-order valence-electron chi connectivity index (χ1n) is 6.58. The Bertz CT molecular complexity index is 154. The third-order valence-electron chi connectivity index (χ3n) is 4.06. The molecule has 2 rings (SSSR count). The van der Waals surface area contributed by atoms with Crippen molar-refractivity contribution in [3.63, 3.8) is 0 Å². The van der Waals surface area contributed by atoms with E-state index in [1.807, 2.05) is 0 Å². The van der Waals surface area contributed by atoms with Gasteiger partial charge in [0.05, 0.1) is 0 Å². The fraction of sp³-hybridized carbons (Fsp3) is 1.00. The summed E-state index contributed by atoms with van der Waals surface area (Å²) in [5.74, 6) is 3.02. The maximum absolute atomic E-state index is 3.85. The molecule has 0 spiro atoms. The van der Waals surface area contributed by atoms with Gasteiger partial charge in [-0.3, -0.25) is 0 Å². The number of hydrogen-bond donors (Lipinski definition) is 1. The molecule has 14 heavy (non-hydrogen) atoms. The molecule has 0 radical (unpaired) electrons. The van der Waals surface area contributed by atoms with E-state index in [-0.39, 0.29) is 0 Å². The van der Waals surface area contributed by atoms with Crippen LogP contribution in [0.2, 0.25) is 0 Å². The molecule has 0 bridgehead atoms. The fourth-order valence-corrected chi connectivity index (χ4v) is 2.51. The molecule has 0 aromatic heterocycles. The van der Waals surface area contributed by atoms with Crippen LogP contribution in [0.5, 0.6) is 0 Å². The first-order valence-corrected chi connectivity index (χ1v) is 6.58. The van der Waals surface area contributed by atoms with Gasteiger partial charge in [0.15, 0.2) is 0 Å². The maximum Gasteiger partial charge on any atom is 0.0124 e. The van der Waals surface area contributed by atoms with E-state index in [0.717, 1.165) is 23.8 Å². The highest BCUT2D eigenvalue weighted by atomic mass is 14.9. The van der Waals surface area contributed by atoms with Crippen molar-refractivity contribution in [1.82, 2.24) is 5.32 Å². The summed E-state index contributed by atoms with van der Waals surface area (Å²) in [6, 6.07) is 0.899. The largest absolute Gasteiger partial charge is 0.313 e. The van der Waals surface area contributed by atoms with Crippen molar-refractivity contribution in [2.75, 3.05) is 6.54 Å². The third kappa shape index (κ3) is 2.73. The highest BCUT2D eigenvalue weighted by molar-refractivity contribution is 4.96. The van der Waals surface area contributed by atoms with Crippen LogP contribution in [-0.2, 0) is 0 Å². The van der Waals surface area contributed by atoms with Crippen LogP contribution in [0.25, 0.3) is 0 Å². The molecule has 0 heterocycles. The topological polar surface area (TPSA) is 12.0 Å². The SMILES string of the molecule is CCC(CC)CNC(C1CC1)C1CC1. The van der Waals surface area contributed by atoms with E-state index in [1.165, 1.54) is 45.1 Å². The Balaban J connectivity index is 1.70. The third-order valence-corrected chi connectivity index (χ3v) is 4.06. The van der Waals surface area contributed by atoms with Crippen molar-refractivity contribution in [2.45, 2.75) is 58.4 Å². The molecular weight excluding hydrogens is 170 g/mol. The van der Waals surface area contributed by atoms with Gasteiger partial charge in [-0.2, -0.15) is 0 Å². The van der Waals surface area contributed by atoms with Crippen LogP contribution in [0.3, 0.4) is 0 Å². The molecule has 0 amide bonds. The van der Waals surface area contributed by atoms with E-state index in [4.69, 9.17) is 0 Å². The van der Waals surface area contributed by atoms with Crippen molar-refractivity contribution < 1.29 is 0 Å². The quantitative estimate of drug-likeness (QED) is 0.658. The second-order valence-corrected chi connectivity index (χ2v) is 5.29. The van der Waals surface area contributed by atoms with Crippen molar-refractivity contribution >= 4 is 0 Å². The van der Waals surface area contributed by atoms with Gasteiger partial charge in [0.2, 0.25) is 0 Å². The molecule has 0 aromatic carbocycles. The molecule has 0 atom stereocenters. The minimum Gasteiger partial charge on any atom is -0.313 e. The lowest BCUT2D eigenvalue weighted by molar-refractivity contribution is 0.360. The van der Waals surface area contributed by atoms with Crippen LogP contribution in [-0.4, -0.2) is 12.6 Å². The minimum atomic E-state index is 0.899. The van der Waals surface area contributed by atoms with Gasteiger partial charge in [-0.15, -0.1) is 0 Å². The van der Waals surface area contributed by atoms with Gasteiger partial charge in [-0.1, -0.05) is 26.7 Å². The molecule has 1 N–H and O–H groups in total. The van der Waals surface area contributed by atoms with Crippen LogP contribution in [0.15, 0.2) is 0 Å². The van der Waals surface area contributed by atoms with Crippen LogP contribution in [0.4, 0.5) is 0 Å². The zero-order valence-corrected chi connectivity index (χ0v) is 9.76. The maximum atomic E-state index is 3.85. The summed E-state index contributed by atoms with van der Waals surface area (Å²) < 4.78 is 0. The first kappa shape index (κ1) is 10.5. The molecule has 2 fully saturated rings. The van der Waals surface area contributed by atoms with E-state index < -0.39 is 0 Å². The Morgan fingerprint density at radius 2 is 1.50 bits per heavy atom. The zero-order valence-electron chi connectivity index (χ0n) is 9.76. The summed E-state index contributed by atoms with van der Waals surface area (Å²) in [6.07, 6.45) is 8.67. The lowest BCUT2D eigenvalue weighted by Crippen LogP contribution is -2.36. The second kappa shape index (κ2) is 4.65. The summed E-state index contributed by atoms with van der Waals surface area (Å²) in [6.45, 7) is 5.91. The number of hydrogen-bond acceptors (Lipinski definition) is 1. The molecule has 1 nitrogen and oxygen atoms in total. The smallest absolute Gasteiger partial charge is 0.0124 e. The molecule has 0 saturated heterocycles. The molecule has 0 aliphatic heterocycles. The van der Waals surface area contributed by atoms with Gasteiger partial charge in [0, 0.05) is 6.04 Å². The highest BCUT2D eigenvalue weighted by Crippen LogP contribution is 2.44. The molecule has 2 saturated carbocycles. The second-order valence-electron chi connectivity index (χ2n) is 5.29. The molecule has 0 aromatic rings. The Hall–Kier alpha value is -0.0400. The fourth-order valence-electron chi connectivity index (χ4n) is 2.51. The van der Waals surface area contributed by atoms with Crippen LogP contribution < -0.4 is 5.32 Å². The summed E-state index contributed by atoms with van der Waals surface area (Å²) >= 11 is 0. The van der Waals surface area contributed by atoms with E-state index in [9.17, 15) is 0 Å². The van der Waals surface area contributed by atoms with E-state index >= 15 is 0 Å².